The van der Waals surface area contributed by atoms with E-state index in [1.165, 1.54) is 0 Å². The van der Waals surface area contributed by atoms with Crippen molar-refractivity contribution < 1.29 is 18.8 Å². The van der Waals surface area contributed by atoms with Gasteiger partial charge in [-0.05, 0) is 24.3 Å². The Morgan fingerprint density at radius 2 is 1.91 bits per heavy atom. The van der Waals surface area contributed by atoms with E-state index in [4.69, 9.17) is 9.26 Å². The molecule has 0 bridgehead atoms. The molecule has 1 amide bonds. The van der Waals surface area contributed by atoms with Gasteiger partial charge < -0.3 is 9.26 Å². The van der Waals surface area contributed by atoms with E-state index in [2.05, 4.69) is 26.4 Å². The van der Waals surface area contributed by atoms with Gasteiger partial charge in [0.1, 0.15) is 0 Å². The lowest BCUT2D eigenvalue weighted by molar-refractivity contribution is -0.119. The summed E-state index contributed by atoms with van der Waals surface area (Å²) in [4.78, 5) is 23.6. The number of benzene rings is 1. The summed E-state index contributed by atoms with van der Waals surface area (Å²) in [5.41, 5.74) is 0.913. The highest BCUT2D eigenvalue weighted by molar-refractivity contribution is 9.10. The van der Waals surface area contributed by atoms with Crippen molar-refractivity contribution in [1.82, 2.24) is 5.16 Å². The maximum atomic E-state index is 11.8. The van der Waals surface area contributed by atoms with Gasteiger partial charge >= 0.3 is 5.97 Å². The molecule has 1 aromatic heterocycles. The highest BCUT2D eigenvalue weighted by Gasteiger charge is 2.20. The Balaban J connectivity index is 1.86. The van der Waals surface area contributed by atoms with Crippen LogP contribution in [-0.4, -0.2) is 23.6 Å². The van der Waals surface area contributed by atoms with Gasteiger partial charge in [0.15, 0.2) is 6.61 Å². The van der Waals surface area contributed by atoms with Crippen LogP contribution in [0.25, 0.3) is 0 Å². The van der Waals surface area contributed by atoms with Gasteiger partial charge in [0.05, 0.1) is 11.3 Å². The predicted octanol–water partition coefficient (Wildman–Crippen LogP) is 3.53. The van der Waals surface area contributed by atoms with Crippen molar-refractivity contribution in [3.05, 3.63) is 46.1 Å². The van der Waals surface area contributed by atoms with E-state index in [0.717, 1.165) is 10.2 Å². The molecule has 0 fully saturated rings. The third kappa shape index (κ3) is 4.92. The first kappa shape index (κ1) is 17.2. The molecule has 0 spiro atoms. The summed E-state index contributed by atoms with van der Waals surface area (Å²) < 4.78 is 10.8. The molecule has 0 atom stereocenters. The highest BCUT2D eigenvalue weighted by atomic mass is 79.9. The number of amides is 1. The van der Waals surface area contributed by atoms with Gasteiger partial charge in [-0.15, -0.1) is 0 Å². The van der Waals surface area contributed by atoms with E-state index in [1.807, 2.05) is 20.8 Å². The normalized spacial score (nSPS) is 11.1. The zero-order chi connectivity index (χ0) is 17.0. The second-order valence-electron chi connectivity index (χ2n) is 5.96. The molecular formula is C16H17BrN2O4. The van der Waals surface area contributed by atoms with Gasteiger partial charge in [-0.1, -0.05) is 41.9 Å². The van der Waals surface area contributed by atoms with Crippen LogP contribution in [0.3, 0.4) is 0 Å². The average molecular weight is 381 g/mol. The van der Waals surface area contributed by atoms with E-state index in [9.17, 15) is 9.59 Å². The minimum absolute atomic E-state index is 0.180. The van der Waals surface area contributed by atoms with Crippen molar-refractivity contribution >= 4 is 33.7 Å². The van der Waals surface area contributed by atoms with Crippen molar-refractivity contribution in [2.45, 2.75) is 26.2 Å². The molecule has 0 radical (unpaired) electrons. The third-order valence-electron chi connectivity index (χ3n) is 2.96. The van der Waals surface area contributed by atoms with Crippen LogP contribution < -0.4 is 5.32 Å². The largest absolute Gasteiger partial charge is 0.452 e. The molecule has 1 N–H and O–H groups in total. The molecule has 23 heavy (non-hydrogen) atoms. The second-order valence-corrected chi connectivity index (χ2v) is 6.87. The Bertz CT molecular complexity index is 702. The molecule has 122 valence electrons. The number of rotatable bonds is 4. The number of carbonyl (C=O) groups is 2. The van der Waals surface area contributed by atoms with Crippen molar-refractivity contribution in [2.75, 3.05) is 11.9 Å². The number of hydrogen-bond acceptors (Lipinski definition) is 5. The summed E-state index contributed by atoms with van der Waals surface area (Å²) in [6, 6.07) is 8.31. The first-order chi connectivity index (χ1) is 10.8. The van der Waals surface area contributed by atoms with Gasteiger partial charge in [-0.3, -0.25) is 10.1 Å². The minimum Gasteiger partial charge on any atom is -0.452 e. The average Bonchev–Trinajstić information content (AvgIpc) is 2.94. The highest BCUT2D eigenvalue weighted by Crippen LogP contribution is 2.23. The predicted molar refractivity (Wildman–Crippen MR) is 88.3 cm³/mol. The molecule has 2 aromatic rings. The van der Waals surface area contributed by atoms with Crippen LogP contribution in [0.5, 0.6) is 0 Å². The van der Waals surface area contributed by atoms with Crippen LogP contribution in [0.1, 0.15) is 36.8 Å². The summed E-state index contributed by atoms with van der Waals surface area (Å²) >= 11 is 3.28. The molecule has 0 saturated carbocycles. The van der Waals surface area contributed by atoms with E-state index < -0.39 is 18.5 Å². The standard InChI is InChI=1S/C16H17BrN2O4/c1-16(2,3)12-8-14(23-19-12)18-13(20)9-22-15(21)10-4-6-11(17)7-5-10/h4-8H,9H2,1-3H3,(H,18,20). The van der Waals surface area contributed by atoms with Crippen LogP contribution in [0.2, 0.25) is 0 Å². The zero-order valence-corrected chi connectivity index (χ0v) is 14.6. The molecule has 7 heteroatoms. The number of hydrogen-bond donors (Lipinski definition) is 1. The Morgan fingerprint density at radius 3 is 2.48 bits per heavy atom. The lowest BCUT2D eigenvalue weighted by atomic mass is 9.92. The number of nitrogens with zero attached hydrogens (tertiary/aromatic N) is 1. The molecule has 0 aliphatic carbocycles. The number of halogens is 1. The molecule has 2 rings (SSSR count). The first-order valence-corrected chi connectivity index (χ1v) is 7.75. The molecule has 1 aromatic carbocycles. The summed E-state index contributed by atoms with van der Waals surface area (Å²) in [5, 5.41) is 6.39. The van der Waals surface area contributed by atoms with Crippen LogP contribution in [0, 0.1) is 0 Å². The quantitative estimate of drug-likeness (QED) is 0.820. The van der Waals surface area contributed by atoms with Crippen LogP contribution in [0.15, 0.2) is 39.3 Å². The molecule has 0 unspecified atom stereocenters. The molecule has 1 heterocycles. The topological polar surface area (TPSA) is 81.4 Å². The Morgan fingerprint density at radius 1 is 1.26 bits per heavy atom. The minimum atomic E-state index is -0.569. The van der Waals surface area contributed by atoms with Crippen molar-refractivity contribution in [2.24, 2.45) is 0 Å². The summed E-state index contributed by atoms with van der Waals surface area (Å²) in [6.07, 6.45) is 0. The van der Waals surface area contributed by atoms with Crippen LogP contribution in [-0.2, 0) is 14.9 Å². The number of esters is 1. The van der Waals surface area contributed by atoms with Gasteiger partial charge in [0, 0.05) is 16.0 Å². The number of ether oxygens (including phenoxy) is 1. The summed E-state index contributed by atoms with van der Waals surface area (Å²) in [6.45, 7) is 5.55. The van der Waals surface area contributed by atoms with Crippen molar-refractivity contribution in [3.8, 4) is 0 Å². The number of nitrogens with one attached hydrogen (secondary N) is 1. The Hall–Kier alpha value is -2.15. The van der Waals surface area contributed by atoms with E-state index >= 15 is 0 Å². The molecule has 0 aliphatic rings. The maximum Gasteiger partial charge on any atom is 0.338 e. The van der Waals surface area contributed by atoms with E-state index in [1.54, 1.807) is 30.3 Å². The SMILES string of the molecule is CC(C)(C)c1cc(NC(=O)COC(=O)c2ccc(Br)cc2)on1. The second kappa shape index (κ2) is 6.95. The number of aromatic nitrogens is 1. The fraction of sp³-hybridized carbons (Fsp3) is 0.312. The first-order valence-electron chi connectivity index (χ1n) is 6.95. The van der Waals surface area contributed by atoms with Crippen LogP contribution in [0.4, 0.5) is 5.88 Å². The fourth-order valence-corrected chi connectivity index (χ4v) is 1.93. The maximum absolute atomic E-state index is 11.8. The van der Waals surface area contributed by atoms with Gasteiger partial charge in [-0.2, -0.15) is 0 Å². The number of anilines is 1. The molecular weight excluding hydrogens is 364 g/mol. The van der Waals surface area contributed by atoms with E-state index in [0.29, 0.717) is 5.56 Å². The van der Waals surface area contributed by atoms with Gasteiger partial charge in [0.2, 0.25) is 5.88 Å². The van der Waals surface area contributed by atoms with Crippen LogP contribution >= 0.6 is 15.9 Å². The van der Waals surface area contributed by atoms with E-state index in [-0.39, 0.29) is 11.3 Å². The zero-order valence-electron chi connectivity index (χ0n) is 13.1. The third-order valence-corrected chi connectivity index (χ3v) is 3.48. The molecule has 0 aliphatic heterocycles. The lowest BCUT2D eigenvalue weighted by Gasteiger charge is -2.12. The summed E-state index contributed by atoms with van der Waals surface area (Å²) in [5.74, 6) is -0.840. The van der Waals surface area contributed by atoms with Crippen molar-refractivity contribution in [1.29, 1.82) is 0 Å². The Labute approximate surface area is 142 Å². The molecule has 6 nitrogen and oxygen atoms in total. The smallest absolute Gasteiger partial charge is 0.338 e. The summed E-state index contributed by atoms with van der Waals surface area (Å²) in [7, 11) is 0. The Kier molecular flexibility index (Phi) is 5.20. The number of carbonyl (C=O) groups excluding carboxylic acids is 2. The molecule has 0 saturated heterocycles. The fourth-order valence-electron chi connectivity index (χ4n) is 1.66. The van der Waals surface area contributed by atoms with Gasteiger partial charge in [-0.25, -0.2) is 4.79 Å². The lowest BCUT2D eigenvalue weighted by Crippen LogP contribution is -2.20. The van der Waals surface area contributed by atoms with Gasteiger partial charge in [0.25, 0.3) is 5.91 Å². The monoisotopic (exact) mass is 380 g/mol. The van der Waals surface area contributed by atoms with Crippen molar-refractivity contribution in [3.63, 3.8) is 0 Å².